The highest BCUT2D eigenvalue weighted by molar-refractivity contribution is 7.89. The van der Waals surface area contributed by atoms with E-state index in [-0.39, 0.29) is 29.9 Å². The zero-order valence-electron chi connectivity index (χ0n) is 17.3. The number of nitrogens with zero attached hydrogens (tertiary/aromatic N) is 4. The number of aromatic nitrogens is 1. The number of carbonyl (C=O) groups is 1. The van der Waals surface area contributed by atoms with Gasteiger partial charge in [0.05, 0.1) is 16.5 Å². The molecule has 8 heteroatoms. The zero-order valence-corrected chi connectivity index (χ0v) is 18.1. The summed E-state index contributed by atoms with van der Waals surface area (Å²) in [5.41, 5.74) is 1.52. The minimum Gasteiger partial charge on any atom is -0.333 e. The Morgan fingerprint density at radius 3 is 2.71 bits per heavy atom. The molecule has 0 N–H and O–H groups in total. The smallest absolute Gasteiger partial charge is 0.254 e. The van der Waals surface area contributed by atoms with E-state index in [1.54, 1.807) is 36.4 Å². The van der Waals surface area contributed by atoms with E-state index in [0.29, 0.717) is 23.2 Å². The molecule has 0 saturated carbocycles. The van der Waals surface area contributed by atoms with Crippen LogP contribution in [-0.2, 0) is 10.0 Å². The zero-order chi connectivity index (χ0) is 22.2. The SMILES string of the molecule is Cc1cc(C#N)ccc1S(=O)(=O)N1CCN(C(=O)c2cccc3ccncc23)[C@@H](C)C1. The predicted octanol–water partition coefficient (Wildman–Crippen LogP) is 2.95. The van der Waals surface area contributed by atoms with Gasteiger partial charge in [0.25, 0.3) is 5.91 Å². The molecule has 3 aromatic rings. The van der Waals surface area contributed by atoms with Crippen LogP contribution in [0.25, 0.3) is 10.8 Å². The first-order valence-corrected chi connectivity index (χ1v) is 11.4. The number of nitriles is 1. The van der Waals surface area contributed by atoms with Gasteiger partial charge in [-0.2, -0.15) is 9.57 Å². The fourth-order valence-corrected chi connectivity index (χ4v) is 5.76. The first-order chi connectivity index (χ1) is 14.8. The van der Waals surface area contributed by atoms with Gasteiger partial charge in [-0.05, 0) is 55.1 Å². The normalized spacial score (nSPS) is 17.5. The molecular formula is C23H22N4O3S. The monoisotopic (exact) mass is 434 g/mol. The van der Waals surface area contributed by atoms with Gasteiger partial charge in [-0.3, -0.25) is 9.78 Å². The third-order valence-electron chi connectivity index (χ3n) is 5.69. The van der Waals surface area contributed by atoms with E-state index in [2.05, 4.69) is 4.98 Å². The summed E-state index contributed by atoms with van der Waals surface area (Å²) in [5, 5.41) is 10.7. The van der Waals surface area contributed by atoms with E-state index >= 15 is 0 Å². The lowest BCUT2D eigenvalue weighted by molar-refractivity contribution is 0.0593. The van der Waals surface area contributed by atoms with Crippen molar-refractivity contribution in [3.8, 4) is 6.07 Å². The second-order valence-electron chi connectivity index (χ2n) is 7.71. The topological polar surface area (TPSA) is 94.4 Å². The number of fused-ring (bicyclic) bond motifs is 1. The highest BCUT2D eigenvalue weighted by atomic mass is 32.2. The molecule has 7 nitrogen and oxygen atoms in total. The van der Waals surface area contributed by atoms with E-state index < -0.39 is 10.0 Å². The number of aryl methyl sites for hydroxylation is 1. The summed E-state index contributed by atoms with van der Waals surface area (Å²) >= 11 is 0. The summed E-state index contributed by atoms with van der Waals surface area (Å²) in [5.74, 6) is -0.127. The minimum absolute atomic E-state index is 0.127. The summed E-state index contributed by atoms with van der Waals surface area (Å²) in [6.07, 6.45) is 3.37. The van der Waals surface area contributed by atoms with Crippen molar-refractivity contribution in [3.05, 3.63) is 71.5 Å². The van der Waals surface area contributed by atoms with Gasteiger partial charge in [0.2, 0.25) is 10.0 Å². The van der Waals surface area contributed by atoms with E-state index in [1.807, 2.05) is 31.2 Å². The average Bonchev–Trinajstić information content (AvgIpc) is 2.77. The van der Waals surface area contributed by atoms with E-state index in [0.717, 1.165) is 10.8 Å². The lowest BCUT2D eigenvalue weighted by atomic mass is 10.0. The van der Waals surface area contributed by atoms with Crippen molar-refractivity contribution >= 4 is 26.7 Å². The van der Waals surface area contributed by atoms with Gasteiger partial charge in [-0.25, -0.2) is 8.42 Å². The van der Waals surface area contributed by atoms with E-state index in [4.69, 9.17) is 5.26 Å². The maximum absolute atomic E-state index is 13.3. The van der Waals surface area contributed by atoms with Crippen molar-refractivity contribution in [2.75, 3.05) is 19.6 Å². The molecule has 0 aliphatic carbocycles. The average molecular weight is 435 g/mol. The van der Waals surface area contributed by atoms with E-state index in [1.165, 1.54) is 16.4 Å². The maximum atomic E-state index is 13.3. The quantitative estimate of drug-likeness (QED) is 0.632. The van der Waals surface area contributed by atoms with Crippen LogP contribution in [0.15, 0.2) is 59.8 Å². The molecule has 1 amide bonds. The fourth-order valence-electron chi connectivity index (χ4n) is 4.05. The number of piperazine rings is 1. The summed E-state index contributed by atoms with van der Waals surface area (Å²) in [7, 11) is -3.72. The Bertz CT molecular complexity index is 1310. The number of sulfonamides is 1. The third kappa shape index (κ3) is 3.78. The van der Waals surface area contributed by atoms with Crippen LogP contribution in [0.1, 0.15) is 28.4 Å². The Hall–Kier alpha value is -3.28. The van der Waals surface area contributed by atoms with E-state index in [9.17, 15) is 13.2 Å². The molecule has 0 radical (unpaired) electrons. The first kappa shape index (κ1) is 21.0. The number of amides is 1. The van der Waals surface area contributed by atoms with Crippen molar-refractivity contribution in [3.63, 3.8) is 0 Å². The number of hydrogen-bond acceptors (Lipinski definition) is 5. The molecule has 0 unspecified atom stereocenters. The Morgan fingerprint density at radius 2 is 2.00 bits per heavy atom. The molecule has 1 saturated heterocycles. The molecule has 0 bridgehead atoms. The summed E-state index contributed by atoms with van der Waals surface area (Å²) in [6.45, 7) is 4.25. The highest BCUT2D eigenvalue weighted by Gasteiger charge is 2.35. The third-order valence-corrected chi connectivity index (χ3v) is 7.71. The molecule has 1 aliphatic rings. The van der Waals surface area contributed by atoms with Crippen LogP contribution in [0, 0.1) is 18.3 Å². The Kier molecular flexibility index (Phi) is 5.48. The molecule has 1 atom stereocenters. The maximum Gasteiger partial charge on any atom is 0.254 e. The lowest BCUT2D eigenvalue weighted by Gasteiger charge is -2.39. The number of carbonyl (C=O) groups excluding carboxylic acids is 1. The van der Waals surface area contributed by atoms with Crippen molar-refractivity contribution in [2.45, 2.75) is 24.8 Å². The van der Waals surface area contributed by atoms with Crippen molar-refractivity contribution in [1.29, 1.82) is 5.26 Å². The first-order valence-electron chi connectivity index (χ1n) is 9.97. The molecule has 1 aromatic heterocycles. The molecule has 158 valence electrons. The van der Waals surface area contributed by atoms with Crippen LogP contribution in [0.4, 0.5) is 0 Å². The Balaban J connectivity index is 1.57. The molecule has 31 heavy (non-hydrogen) atoms. The van der Waals surface area contributed by atoms with Crippen LogP contribution >= 0.6 is 0 Å². The van der Waals surface area contributed by atoms with Gasteiger partial charge in [0.1, 0.15) is 0 Å². The lowest BCUT2D eigenvalue weighted by Crippen LogP contribution is -2.55. The summed E-state index contributed by atoms with van der Waals surface area (Å²) in [4.78, 5) is 19.3. The molecule has 2 aromatic carbocycles. The van der Waals surface area contributed by atoms with Gasteiger partial charge in [0, 0.05) is 49.0 Å². The van der Waals surface area contributed by atoms with Crippen LogP contribution in [-0.4, -0.2) is 54.2 Å². The predicted molar refractivity (Wildman–Crippen MR) is 117 cm³/mol. The molecule has 0 spiro atoms. The molecule has 4 rings (SSSR count). The standard InChI is InChI=1S/C23H22N4O3S/c1-16-12-18(13-24)6-7-22(16)31(29,30)26-10-11-27(17(2)15-26)23(28)20-5-3-4-19-8-9-25-14-21(19)20/h3-9,12,14,17H,10-11,15H2,1-2H3/t17-/m0/s1. The largest absolute Gasteiger partial charge is 0.333 e. The molecule has 1 aliphatic heterocycles. The second-order valence-corrected chi connectivity index (χ2v) is 9.61. The number of hydrogen-bond donors (Lipinski definition) is 0. The Labute approximate surface area is 181 Å². The Morgan fingerprint density at radius 1 is 1.19 bits per heavy atom. The van der Waals surface area contributed by atoms with Crippen LogP contribution < -0.4 is 0 Å². The van der Waals surface area contributed by atoms with Gasteiger partial charge in [-0.1, -0.05) is 12.1 Å². The van der Waals surface area contributed by atoms with Crippen molar-refractivity contribution < 1.29 is 13.2 Å². The number of benzene rings is 2. The number of pyridine rings is 1. The minimum atomic E-state index is -3.72. The van der Waals surface area contributed by atoms with Crippen LogP contribution in [0.3, 0.4) is 0 Å². The fraction of sp³-hybridized carbons (Fsp3) is 0.261. The molecule has 1 fully saturated rings. The highest BCUT2D eigenvalue weighted by Crippen LogP contribution is 2.26. The second kappa shape index (κ2) is 8.10. The van der Waals surface area contributed by atoms with Gasteiger partial charge >= 0.3 is 0 Å². The molecular weight excluding hydrogens is 412 g/mol. The van der Waals surface area contributed by atoms with Crippen molar-refractivity contribution in [2.24, 2.45) is 0 Å². The van der Waals surface area contributed by atoms with Gasteiger partial charge in [0.15, 0.2) is 0 Å². The van der Waals surface area contributed by atoms with Gasteiger partial charge < -0.3 is 4.90 Å². The van der Waals surface area contributed by atoms with Crippen LogP contribution in [0.2, 0.25) is 0 Å². The van der Waals surface area contributed by atoms with Gasteiger partial charge in [-0.15, -0.1) is 0 Å². The summed E-state index contributed by atoms with van der Waals surface area (Å²) in [6, 6.07) is 13.7. The number of rotatable bonds is 3. The van der Waals surface area contributed by atoms with Crippen LogP contribution in [0.5, 0.6) is 0 Å². The molecule has 2 heterocycles. The summed E-state index contributed by atoms with van der Waals surface area (Å²) < 4.78 is 27.8. The van der Waals surface area contributed by atoms with Crippen molar-refractivity contribution in [1.82, 2.24) is 14.2 Å².